The molecule has 5 rings (SSSR count). The van der Waals surface area contributed by atoms with Gasteiger partial charge in [-0.15, -0.1) is 0 Å². The SMILES string of the molecule is O=C(O)CC1CCCN(c2ccc(C(=O)NC3CCCCC3)c(N3CCN(S(=O)(=O)c4ccccc4)CC3)n2)C1. The zero-order chi connectivity index (χ0) is 28.1. The molecule has 2 N–H and O–H groups in total. The molecule has 1 amide bonds. The van der Waals surface area contributed by atoms with Gasteiger partial charge in [-0.2, -0.15) is 4.31 Å². The van der Waals surface area contributed by atoms with Gasteiger partial charge in [0, 0.05) is 51.7 Å². The topological polar surface area (TPSA) is 123 Å². The monoisotopic (exact) mass is 569 g/mol. The van der Waals surface area contributed by atoms with E-state index in [1.807, 2.05) is 17.0 Å². The van der Waals surface area contributed by atoms with Gasteiger partial charge in [-0.1, -0.05) is 37.5 Å². The molecule has 1 aromatic heterocycles. The van der Waals surface area contributed by atoms with E-state index in [2.05, 4.69) is 10.2 Å². The van der Waals surface area contributed by atoms with Gasteiger partial charge < -0.3 is 20.2 Å². The first-order valence-corrected chi connectivity index (χ1v) is 15.8. The molecule has 0 spiro atoms. The van der Waals surface area contributed by atoms with Gasteiger partial charge in [-0.05, 0) is 55.9 Å². The Kier molecular flexibility index (Phi) is 8.90. The highest BCUT2D eigenvalue weighted by Gasteiger charge is 2.32. The lowest BCUT2D eigenvalue weighted by Gasteiger charge is -2.37. The highest BCUT2D eigenvalue weighted by atomic mass is 32.2. The van der Waals surface area contributed by atoms with Crippen LogP contribution < -0.4 is 15.1 Å². The second-order valence-corrected chi connectivity index (χ2v) is 13.0. The van der Waals surface area contributed by atoms with Crippen molar-refractivity contribution in [2.45, 2.75) is 62.3 Å². The second kappa shape index (κ2) is 12.6. The maximum Gasteiger partial charge on any atom is 0.303 e. The summed E-state index contributed by atoms with van der Waals surface area (Å²) in [6.45, 7) is 2.78. The summed E-state index contributed by atoms with van der Waals surface area (Å²) in [5.41, 5.74) is 0.493. The number of nitrogens with zero attached hydrogens (tertiary/aromatic N) is 4. The first-order chi connectivity index (χ1) is 19.3. The van der Waals surface area contributed by atoms with Crippen molar-refractivity contribution in [1.29, 1.82) is 0 Å². The molecule has 1 saturated carbocycles. The molecule has 1 aromatic carbocycles. The maximum atomic E-state index is 13.5. The maximum absolute atomic E-state index is 13.5. The van der Waals surface area contributed by atoms with Gasteiger partial charge in [0.1, 0.15) is 11.6 Å². The van der Waals surface area contributed by atoms with Crippen LogP contribution in [-0.2, 0) is 14.8 Å². The molecule has 2 saturated heterocycles. The third kappa shape index (κ3) is 6.58. The lowest BCUT2D eigenvalue weighted by Crippen LogP contribution is -2.49. The number of hydrogen-bond acceptors (Lipinski definition) is 7. The van der Waals surface area contributed by atoms with E-state index in [0.29, 0.717) is 31.0 Å². The number of aliphatic carboxylic acids is 1. The van der Waals surface area contributed by atoms with E-state index in [-0.39, 0.29) is 42.3 Å². The largest absolute Gasteiger partial charge is 0.481 e. The molecular weight excluding hydrogens is 530 g/mol. The van der Waals surface area contributed by atoms with Crippen LogP contribution >= 0.6 is 0 Å². The van der Waals surface area contributed by atoms with Crippen molar-refractivity contribution in [3.8, 4) is 0 Å². The summed E-state index contributed by atoms with van der Waals surface area (Å²) >= 11 is 0. The molecule has 0 bridgehead atoms. The Balaban J connectivity index is 1.37. The number of amides is 1. The molecule has 3 heterocycles. The number of aromatic nitrogens is 1. The van der Waals surface area contributed by atoms with Gasteiger partial charge >= 0.3 is 5.97 Å². The van der Waals surface area contributed by atoms with Crippen LogP contribution in [0.25, 0.3) is 0 Å². The molecule has 1 aliphatic carbocycles. The van der Waals surface area contributed by atoms with Gasteiger partial charge in [0.2, 0.25) is 10.0 Å². The van der Waals surface area contributed by atoms with Crippen LogP contribution in [0.3, 0.4) is 0 Å². The number of carboxylic acid groups (broad SMARTS) is 1. The molecule has 11 heteroatoms. The molecule has 0 radical (unpaired) electrons. The van der Waals surface area contributed by atoms with Crippen LogP contribution in [0.2, 0.25) is 0 Å². The average Bonchev–Trinajstić information content (AvgIpc) is 2.98. The number of piperazine rings is 1. The van der Waals surface area contributed by atoms with Crippen molar-refractivity contribution in [2.24, 2.45) is 5.92 Å². The zero-order valence-corrected chi connectivity index (χ0v) is 23.7. The van der Waals surface area contributed by atoms with Crippen LogP contribution in [0.15, 0.2) is 47.4 Å². The molecule has 2 aliphatic heterocycles. The minimum absolute atomic E-state index is 0.0533. The number of carbonyl (C=O) groups is 2. The third-order valence-electron chi connectivity index (χ3n) is 8.27. The van der Waals surface area contributed by atoms with Crippen LogP contribution in [-0.4, -0.2) is 80.0 Å². The van der Waals surface area contributed by atoms with Gasteiger partial charge in [0.05, 0.1) is 10.5 Å². The predicted molar refractivity (Wildman–Crippen MR) is 153 cm³/mol. The highest BCUT2D eigenvalue weighted by Crippen LogP contribution is 2.29. The Hall–Kier alpha value is -3.18. The summed E-state index contributed by atoms with van der Waals surface area (Å²) in [7, 11) is -3.60. The van der Waals surface area contributed by atoms with Crippen molar-refractivity contribution in [3.05, 3.63) is 48.0 Å². The van der Waals surface area contributed by atoms with E-state index in [4.69, 9.17) is 4.98 Å². The Labute approximate surface area is 236 Å². The van der Waals surface area contributed by atoms with Crippen LogP contribution in [0.1, 0.15) is 61.7 Å². The minimum Gasteiger partial charge on any atom is -0.481 e. The van der Waals surface area contributed by atoms with Crippen molar-refractivity contribution < 1.29 is 23.1 Å². The summed E-state index contributed by atoms with van der Waals surface area (Å²) in [6.07, 6.45) is 7.25. The van der Waals surface area contributed by atoms with E-state index >= 15 is 0 Å². The molecule has 1 unspecified atom stereocenters. The number of benzene rings is 1. The second-order valence-electron chi connectivity index (χ2n) is 11.1. The number of nitrogens with one attached hydrogen (secondary N) is 1. The normalized spacial score (nSPS) is 21.2. The number of pyridine rings is 1. The van der Waals surface area contributed by atoms with Gasteiger partial charge in [0.25, 0.3) is 5.91 Å². The Morgan fingerprint density at radius 2 is 1.60 bits per heavy atom. The zero-order valence-electron chi connectivity index (χ0n) is 22.9. The quantitative estimate of drug-likeness (QED) is 0.496. The predicted octanol–water partition coefficient (Wildman–Crippen LogP) is 3.35. The highest BCUT2D eigenvalue weighted by molar-refractivity contribution is 7.89. The molecule has 2 aromatic rings. The molecule has 3 fully saturated rings. The van der Waals surface area contributed by atoms with Gasteiger partial charge in [0.15, 0.2) is 0 Å². The average molecular weight is 570 g/mol. The fourth-order valence-electron chi connectivity index (χ4n) is 6.11. The van der Waals surface area contributed by atoms with Crippen molar-refractivity contribution in [3.63, 3.8) is 0 Å². The number of piperidine rings is 1. The smallest absolute Gasteiger partial charge is 0.303 e. The standard InChI is InChI=1S/C29H39N5O5S/c35-27(36)20-22-8-7-15-33(21-22)26-14-13-25(29(37)30-23-9-3-1-4-10-23)28(31-26)32-16-18-34(19-17-32)40(38,39)24-11-5-2-6-12-24/h2,5-6,11-14,22-23H,1,3-4,7-10,15-21H2,(H,30,37)(H,35,36). The van der Waals surface area contributed by atoms with Crippen molar-refractivity contribution in [1.82, 2.24) is 14.6 Å². The first kappa shape index (κ1) is 28.4. The number of sulfonamides is 1. The van der Waals surface area contributed by atoms with E-state index in [9.17, 15) is 23.1 Å². The number of rotatable bonds is 8. The molecule has 1 atom stereocenters. The van der Waals surface area contributed by atoms with Crippen LogP contribution in [0.5, 0.6) is 0 Å². The third-order valence-corrected chi connectivity index (χ3v) is 10.2. The van der Waals surface area contributed by atoms with E-state index in [1.54, 1.807) is 30.3 Å². The minimum atomic E-state index is -3.60. The summed E-state index contributed by atoms with van der Waals surface area (Å²) in [4.78, 5) is 34.2. The Bertz CT molecular complexity index is 1290. The number of carboxylic acids is 1. The summed E-state index contributed by atoms with van der Waals surface area (Å²) in [5, 5.41) is 12.5. The molecule has 10 nitrogen and oxygen atoms in total. The summed E-state index contributed by atoms with van der Waals surface area (Å²) < 4.78 is 27.8. The van der Waals surface area contributed by atoms with Crippen molar-refractivity contribution >= 4 is 33.5 Å². The van der Waals surface area contributed by atoms with E-state index < -0.39 is 16.0 Å². The van der Waals surface area contributed by atoms with Gasteiger partial charge in [-0.3, -0.25) is 9.59 Å². The lowest BCUT2D eigenvalue weighted by molar-refractivity contribution is -0.138. The molecular formula is C29H39N5O5S. The van der Waals surface area contributed by atoms with Gasteiger partial charge in [-0.25, -0.2) is 13.4 Å². The first-order valence-electron chi connectivity index (χ1n) is 14.4. The number of anilines is 2. The van der Waals surface area contributed by atoms with E-state index in [1.165, 1.54) is 10.7 Å². The van der Waals surface area contributed by atoms with Crippen LogP contribution in [0, 0.1) is 5.92 Å². The molecule has 40 heavy (non-hydrogen) atoms. The lowest BCUT2D eigenvalue weighted by atomic mass is 9.95. The number of hydrogen-bond donors (Lipinski definition) is 2. The Morgan fingerprint density at radius 1 is 0.875 bits per heavy atom. The van der Waals surface area contributed by atoms with Crippen LogP contribution in [0.4, 0.5) is 11.6 Å². The van der Waals surface area contributed by atoms with E-state index in [0.717, 1.165) is 50.9 Å². The molecule has 3 aliphatic rings. The molecule has 216 valence electrons. The summed E-state index contributed by atoms with van der Waals surface area (Å²) in [6, 6.07) is 12.3. The number of carbonyl (C=O) groups excluding carboxylic acids is 1. The summed E-state index contributed by atoms with van der Waals surface area (Å²) in [5.74, 6) is 0.389. The fourth-order valence-corrected chi connectivity index (χ4v) is 7.55. The Morgan fingerprint density at radius 3 is 2.30 bits per heavy atom. The van der Waals surface area contributed by atoms with Crippen molar-refractivity contribution in [2.75, 3.05) is 49.1 Å². The fraction of sp³-hybridized carbons (Fsp3) is 0.552.